The largest absolute Gasteiger partial charge is 0.398 e. The van der Waals surface area contributed by atoms with E-state index in [1.165, 1.54) is 37.4 Å². The smallest absolute Gasteiger partial charge is 0.355 e. The van der Waals surface area contributed by atoms with Crippen molar-refractivity contribution in [1.82, 2.24) is 24.4 Å². The molecule has 0 bridgehead atoms. The quantitative estimate of drug-likeness (QED) is 0.267. The van der Waals surface area contributed by atoms with E-state index < -0.39 is 32.9 Å². The Morgan fingerprint density at radius 3 is 2.49 bits per heavy atom. The van der Waals surface area contributed by atoms with Crippen molar-refractivity contribution in [2.45, 2.75) is 37.8 Å². The fraction of sp³-hybridized carbons (Fsp3) is 0.276. The number of pyridine rings is 2. The second-order valence-corrected chi connectivity index (χ2v) is 12.5. The number of carbonyl (C=O) groups is 1. The highest BCUT2D eigenvalue weighted by Gasteiger charge is 2.34. The maximum atomic E-state index is 15.9. The van der Waals surface area contributed by atoms with E-state index >= 15 is 4.39 Å². The summed E-state index contributed by atoms with van der Waals surface area (Å²) < 4.78 is 57.4. The molecule has 1 aliphatic rings. The summed E-state index contributed by atoms with van der Waals surface area (Å²) in [4.78, 5) is 42.4. The van der Waals surface area contributed by atoms with E-state index in [0.717, 1.165) is 23.0 Å². The molecule has 5 rings (SSSR count). The average Bonchev–Trinajstić information content (AvgIpc) is 2.93. The van der Waals surface area contributed by atoms with Gasteiger partial charge in [-0.25, -0.2) is 31.5 Å². The van der Waals surface area contributed by atoms with Crippen molar-refractivity contribution in [3.63, 3.8) is 0 Å². The van der Waals surface area contributed by atoms with E-state index in [1.807, 2.05) is 13.8 Å². The molecule has 43 heavy (non-hydrogen) atoms. The van der Waals surface area contributed by atoms with Gasteiger partial charge in [0.25, 0.3) is 0 Å². The minimum Gasteiger partial charge on any atom is -0.398 e. The van der Waals surface area contributed by atoms with Crippen molar-refractivity contribution in [3.05, 3.63) is 77.0 Å². The zero-order valence-corrected chi connectivity index (χ0v) is 24.7. The molecule has 0 aliphatic carbocycles. The number of nitrogens with zero attached hydrogens (tertiary/aromatic N) is 6. The molecule has 1 saturated heterocycles. The number of nitrogens with two attached hydrogens (primary N) is 1. The molecule has 14 heteroatoms. The molecular formula is C29H29F2N7O4S. The highest BCUT2D eigenvalue weighted by Crippen LogP contribution is 2.35. The molecule has 4 aromatic rings. The van der Waals surface area contributed by atoms with E-state index in [0.29, 0.717) is 0 Å². The van der Waals surface area contributed by atoms with Crippen LogP contribution in [0.4, 0.5) is 20.3 Å². The molecule has 0 radical (unpaired) electrons. The Hall–Kier alpha value is -4.72. The number of sulfone groups is 1. The van der Waals surface area contributed by atoms with Crippen LogP contribution in [-0.2, 0) is 14.6 Å². The lowest BCUT2D eigenvalue weighted by molar-refractivity contribution is -0.128. The van der Waals surface area contributed by atoms with E-state index in [1.54, 1.807) is 9.80 Å². The topological polar surface area (TPSA) is 144 Å². The minimum absolute atomic E-state index is 0.0565. The van der Waals surface area contributed by atoms with Gasteiger partial charge in [-0.1, -0.05) is 12.6 Å². The van der Waals surface area contributed by atoms with Gasteiger partial charge in [-0.05, 0) is 51.1 Å². The lowest BCUT2D eigenvalue weighted by atomic mass is 10.1. The fourth-order valence-electron chi connectivity index (χ4n) is 5.44. The number of anilines is 2. The highest BCUT2D eigenvalue weighted by atomic mass is 32.2. The van der Waals surface area contributed by atoms with Gasteiger partial charge < -0.3 is 15.5 Å². The summed E-state index contributed by atoms with van der Waals surface area (Å²) in [7, 11) is -3.90. The van der Waals surface area contributed by atoms with E-state index in [2.05, 4.69) is 21.5 Å². The number of benzene rings is 1. The standard InChI is InChI=1S/C29H29F2N7O4S/c1-6-23(39)36-13-16(3)37(14-15(36)2)27-18-12-20(31)25(24-19(30)8-7-9-21(24)32)34-28(18)38(29(40)35-27)26-17(4)33-11-10-22(26)43(5,41)42/h6-12,15-16H,1,13-14,32H2,2-5H3/t15-,16+/m1/s1. The molecular weight excluding hydrogens is 580 g/mol. The number of fused-ring (bicyclic) bond motifs is 1. The van der Waals surface area contributed by atoms with Crippen LogP contribution in [0.5, 0.6) is 0 Å². The number of carbonyl (C=O) groups excluding carboxylic acids is 1. The molecule has 1 amide bonds. The molecule has 11 nitrogen and oxygen atoms in total. The summed E-state index contributed by atoms with van der Waals surface area (Å²) in [6.45, 7) is 9.20. The van der Waals surface area contributed by atoms with Gasteiger partial charge in [0.1, 0.15) is 17.3 Å². The fourth-order valence-corrected chi connectivity index (χ4v) is 6.34. The molecule has 2 atom stereocenters. The normalized spacial score (nSPS) is 17.3. The van der Waals surface area contributed by atoms with Crippen LogP contribution in [0.1, 0.15) is 19.5 Å². The molecule has 1 fully saturated rings. The first-order valence-electron chi connectivity index (χ1n) is 13.3. The van der Waals surface area contributed by atoms with Crippen LogP contribution in [0.3, 0.4) is 0 Å². The van der Waals surface area contributed by atoms with Gasteiger partial charge in [0.05, 0.1) is 27.2 Å². The monoisotopic (exact) mass is 609 g/mol. The zero-order valence-electron chi connectivity index (χ0n) is 23.9. The van der Waals surface area contributed by atoms with Crippen LogP contribution in [-0.4, -0.2) is 70.2 Å². The third-order valence-electron chi connectivity index (χ3n) is 7.49. The second kappa shape index (κ2) is 10.8. The number of piperazine rings is 1. The number of amides is 1. The van der Waals surface area contributed by atoms with Crippen molar-refractivity contribution in [3.8, 4) is 16.9 Å². The summed E-state index contributed by atoms with van der Waals surface area (Å²) in [6.07, 6.45) is 3.49. The maximum absolute atomic E-state index is 15.9. The molecule has 4 heterocycles. The first-order chi connectivity index (χ1) is 20.2. The SMILES string of the molecule is C=CC(=O)N1C[C@H](C)N(c2nc(=O)n(-c3c(S(C)(=O)=O)ccnc3C)c3nc(-c4c(N)cccc4F)c(F)cc23)C[C@H]1C. The minimum atomic E-state index is -3.90. The summed E-state index contributed by atoms with van der Waals surface area (Å²) >= 11 is 0. The van der Waals surface area contributed by atoms with Crippen LogP contribution in [0.25, 0.3) is 28.0 Å². The second-order valence-electron chi connectivity index (χ2n) is 10.5. The molecule has 0 spiro atoms. The summed E-state index contributed by atoms with van der Waals surface area (Å²) in [5, 5.41) is 0.0565. The third-order valence-corrected chi connectivity index (χ3v) is 8.62. The molecule has 0 unspecified atom stereocenters. The Kier molecular flexibility index (Phi) is 7.50. The van der Waals surface area contributed by atoms with Crippen LogP contribution < -0.4 is 16.3 Å². The molecule has 1 aliphatic heterocycles. The van der Waals surface area contributed by atoms with Crippen LogP contribution in [0.15, 0.2) is 58.9 Å². The molecule has 0 saturated carbocycles. The van der Waals surface area contributed by atoms with Crippen molar-refractivity contribution < 1.29 is 22.0 Å². The summed E-state index contributed by atoms with van der Waals surface area (Å²) in [6, 6.07) is 5.46. The van der Waals surface area contributed by atoms with Crippen LogP contribution >= 0.6 is 0 Å². The Morgan fingerprint density at radius 1 is 1.12 bits per heavy atom. The molecule has 1 aromatic carbocycles. The van der Waals surface area contributed by atoms with E-state index in [4.69, 9.17) is 5.73 Å². The number of rotatable bonds is 5. The Morgan fingerprint density at radius 2 is 1.84 bits per heavy atom. The number of aromatic nitrogens is 4. The lowest BCUT2D eigenvalue weighted by Gasteiger charge is -2.44. The van der Waals surface area contributed by atoms with E-state index in [9.17, 15) is 22.4 Å². The molecule has 224 valence electrons. The van der Waals surface area contributed by atoms with Gasteiger partial charge in [0.15, 0.2) is 21.3 Å². The zero-order chi connectivity index (χ0) is 31.4. The lowest BCUT2D eigenvalue weighted by Crippen LogP contribution is -2.58. The summed E-state index contributed by atoms with van der Waals surface area (Å²) in [5.41, 5.74) is 4.09. The average molecular weight is 610 g/mol. The molecule has 3 aromatic heterocycles. The predicted molar refractivity (Wildman–Crippen MR) is 159 cm³/mol. The van der Waals surface area contributed by atoms with Crippen molar-refractivity contribution >= 4 is 38.3 Å². The van der Waals surface area contributed by atoms with Gasteiger partial charge >= 0.3 is 5.69 Å². The van der Waals surface area contributed by atoms with Crippen molar-refractivity contribution in [1.29, 1.82) is 0 Å². The maximum Gasteiger partial charge on any atom is 0.355 e. The predicted octanol–water partition coefficient (Wildman–Crippen LogP) is 3.03. The van der Waals surface area contributed by atoms with Crippen molar-refractivity contribution in [2.24, 2.45) is 0 Å². The van der Waals surface area contributed by atoms with Crippen molar-refractivity contribution in [2.75, 3.05) is 30.0 Å². The van der Waals surface area contributed by atoms with Gasteiger partial charge in [0.2, 0.25) is 5.91 Å². The van der Waals surface area contributed by atoms with Gasteiger partial charge in [0, 0.05) is 43.3 Å². The number of nitrogen functional groups attached to an aromatic ring is 1. The first-order valence-corrected chi connectivity index (χ1v) is 15.2. The van der Waals surface area contributed by atoms with E-state index in [-0.39, 0.29) is 75.5 Å². The van der Waals surface area contributed by atoms with Crippen LogP contribution in [0.2, 0.25) is 0 Å². The Labute approximate surface area is 246 Å². The Balaban J connectivity index is 1.87. The molecule has 2 N–H and O–H groups in total. The van der Waals surface area contributed by atoms with Gasteiger partial charge in [-0.3, -0.25) is 9.78 Å². The Bertz CT molecular complexity index is 1960. The number of hydrogen-bond acceptors (Lipinski definition) is 9. The highest BCUT2D eigenvalue weighted by molar-refractivity contribution is 7.90. The van der Waals surface area contributed by atoms with Gasteiger partial charge in [-0.15, -0.1) is 0 Å². The summed E-state index contributed by atoms with van der Waals surface area (Å²) in [5.74, 6) is -1.96. The van der Waals surface area contributed by atoms with Crippen LogP contribution in [0, 0.1) is 18.6 Å². The first kappa shape index (κ1) is 29.8. The number of halogens is 2. The van der Waals surface area contributed by atoms with Gasteiger partial charge in [-0.2, -0.15) is 4.98 Å². The number of aryl methyl sites for hydroxylation is 1. The third kappa shape index (κ3) is 5.11. The number of hydrogen-bond donors (Lipinski definition) is 1.